The van der Waals surface area contributed by atoms with Gasteiger partial charge >= 0.3 is 0 Å². The highest BCUT2D eigenvalue weighted by Crippen LogP contribution is 1.96. The molecule has 0 aliphatic rings. The van der Waals surface area contributed by atoms with Gasteiger partial charge in [0.15, 0.2) is 0 Å². The van der Waals surface area contributed by atoms with Crippen LogP contribution in [-0.4, -0.2) is 0 Å². The highest BCUT2D eigenvalue weighted by atomic mass is 13.9. The average molecular weight is 208 g/mol. The summed E-state index contributed by atoms with van der Waals surface area (Å²) in [7, 11) is 0. The third-order valence-corrected chi connectivity index (χ3v) is 1.96. The molecule has 1 rings (SSSR count). The number of unbranched alkanes of at least 4 members (excludes halogenated alkanes) is 2. The first-order valence-corrected chi connectivity index (χ1v) is 6.39. The lowest BCUT2D eigenvalue weighted by atomic mass is 10.2. The molecule has 1 aromatic rings. The monoisotopic (exact) mass is 208 g/mol. The van der Waals surface area contributed by atoms with E-state index in [1.54, 1.807) is 0 Å². The van der Waals surface area contributed by atoms with E-state index < -0.39 is 0 Å². The van der Waals surface area contributed by atoms with Crippen molar-refractivity contribution in [1.82, 2.24) is 0 Å². The smallest absolute Gasteiger partial charge is 0.0307 e. The Morgan fingerprint density at radius 3 is 1.47 bits per heavy atom. The maximum absolute atomic E-state index is 2.21. The zero-order valence-electron chi connectivity index (χ0n) is 11.2. The van der Waals surface area contributed by atoms with Gasteiger partial charge in [-0.15, -0.1) is 0 Å². The van der Waals surface area contributed by atoms with Gasteiger partial charge in [-0.2, -0.15) is 0 Å². The minimum atomic E-state index is 1.14. The quantitative estimate of drug-likeness (QED) is 0.617. The van der Waals surface area contributed by atoms with E-state index in [0.717, 1.165) is 6.42 Å². The number of hydrogen-bond acceptors (Lipinski definition) is 0. The Bertz CT molecular complexity index is 174. The minimum absolute atomic E-state index is 1.14. The van der Waals surface area contributed by atoms with Gasteiger partial charge in [0, 0.05) is 0 Å². The molecule has 0 heteroatoms. The fourth-order valence-electron chi connectivity index (χ4n) is 1.07. The highest BCUT2D eigenvalue weighted by Gasteiger charge is 1.79. The summed E-state index contributed by atoms with van der Waals surface area (Å²) >= 11 is 0. The lowest BCUT2D eigenvalue weighted by Gasteiger charge is -1.89. The third kappa shape index (κ3) is 13.2. The Balaban J connectivity index is 0. The Hall–Kier alpha value is -0.780. The molecule has 0 radical (unpaired) electrons. The van der Waals surface area contributed by atoms with E-state index in [1.807, 2.05) is 19.9 Å². The van der Waals surface area contributed by atoms with E-state index in [-0.39, 0.29) is 0 Å². The van der Waals surface area contributed by atoms with Crippen molar-refractivity contribution < 1.29 is 0 Å². The number of aryl methyl sites for hydroxylation is 1. The van der Waals surface area contributed by atoms with Crippen LogP contribution in [0, 0.1) is 0 Å². The van der Waals surface area contributed by atoms with Crippen molar-refractivity contribution in [2.24, 2.45) is 0 Å². The molecule has 0 bridgehead atoms. The van der Waals surface area contributed by atoms with Crippen LogP contribution in [0.15, 0.2) is 30.3 Å². The van der Waals surface area contributed by atoms with E-state index >= 15 is 0 Å². The molecule has 0 N–H and O–H groups in total. The van der Waals surface area contributed by atoms with Crippen LogP contribution in [0.1, 0.15) is 59.4 Å². The van der Waals surface area contributed by atoms with E-state index in [1.165, 1.54) is 24.8 Å². The van der Waals surface area contributed by atoms with Crippen LogP contribution in [0.4, 0.5) is 0 Å². The summed E-state index contributed by atoms with van der Waals surface area (Å²) < 4.78 is 0. The molecule has 0 spiro atoms. The van der Waals surface area contributed by atoms with Crippen molar-refractivity contribution in [3.63, 3.8) is 0 Å². The number of rotatable bonds is 3. The summed E-state index contributed by atoms with van der Waals surface area (Å²) in [5.74, 6) is 0. The first-order valence-electron chi connectivity index (χ1n) is 6.39. The van der Waals surface area contributed by atoms with Crippen LogP contribution in [0.5, 0.6) is 0 Å². The zero-order chi connectivity index (χ0) is 11.9. The van der Waals surface area contributed by atoms with E-state index in [9.17, 15) is 0 Å². The average Bonchev–Trinajstić information content (AvgIpc) is 2.34. The topological polar surface area (TPSA) is 0 Å². The zero-order valence-corrected chi connectivity index (χ0v) is 11.2. The Labute approximate surface area is 96.7 Å². The molecule has 0 saturated heterocycles. The summed E-state index contributed by atoms with van der Waals surface area (Å²) in [6.45, 7) is 10.6. The van der Waals surface area contributed by atoms with Gasteiger partial charge in [-0.1, -0.05) is 84.2 Å². The summed E-state index contributed by atoms with van der Waals surface area (Å²) in [5, 5.41) is 0. The fraction of sp³-hybridized carbons (Fsp3) is 0.600. The molecular weight excluding hydrogens is 180 g/mol. The second-order valence-corrected chi connectivity index (χ2v) is 3.19. The van der Waals surface area contributed by atoms with Crippen molar-refractivity contribution in [1.29, 1.82) is 0 Å². The molecule has 0 heterocycles. The van der Waals surface area contributed by atoms with Crippen molar-refractivity contribution in [3.8, 4) is 0 Å². The van der Waals surface area contributed by atoms with Gasteiger partial charge in [-0.05, 0) is 12.0 Å². The molecule has 0 saturated carbocycles. The van der Waals surface area contributed by atoms with Gasteiger partial charge in [0.05, 0.1) is 0 Å². The van der Waals surface area contributed by atoms with Crippen molar-refractivity contribution >= 4 is 0 Å². The van der Waals surface area contributed by atoms with Gasteiger partial charge in [0.2, 0.25) is 0 Å². The predicted octanol–water partition coefficient (Wildman–Crippen LogP) is 5.47. The van der Waals surface area contributed by atoms with E-state index in [4.69, 9.17) is 0 Å². The third-order valence-electron chi connectivity index (χ3n) is 1.96. The van der Waals surface area contributed by atoms with E-state index in [2.05, 4.69) is 45.0 Å². The molecule has 0 fully saturated rings. The van der Waals surface area contributed by atoms with E-state index in [0.29, 0.717) is 0 Å². The minimum Gasteiger partial charge on any atom is -0.0683 e. The molecular formula is C15H28. The Morgan fingerprint density at radius 1 is 0.800 bits per heavy atom. The van der Waals surface area contributed by atoms with Crippen molar-refractivity contribution in [2.45, 2.75) is 60.3 Å². The number of hydrogen-bond donors (Lipinski definition) is 0. The molecule has 0 nitrogen and oxygen atoms in total. The van der Waals surface area contributed by atoms with Crippen molar-refractivity contribution in [3.05, 3.63) is 35.9 Å². The highest BCUT2D eigenvalue weighted by molar-refractivity contribution is 5.13. The van der Waals surface area contributed by atoms with Crippen molar-refractivity contribution in [2.75, 3.05) is 0 Å². The predicted molar refractivity (Wildman–Crippen MR) is 72.4 cm³/mol. The second-order valence-electron chi connectivity index (χ2n) is 3.19. The molecule has 1 aromatic carbocycles. The SMILES string of the molecule is CC.CCCCC.CCc1ccccc1. The molecule has 0 aliphatic carbocycles. The summed E-state index contributed by atoms with van der Waals surface area (Å²) in [5.41, 5.74) is 1.41. The molecule has 0 unspecified atom stereocenters. The number of benzene rings is 1. The normalized spacial score (nSPS) is 8.07. The lowest BCUT2D eigenvalue weighted by molar-refractivity contribution is 0.772. The fourth-order valence-corrected chi connectivity index (χ4v) is 1.07. The first kappa shape index (κ1) is 16.6. The van der Waals surface area contributed by atoms with Gasteiger partial charge < -0.3 is 0 Å². The van der Waals surface area contributed by atoms with Gasteiger partial charge in [0.25, 0.3) is 0 Å². The maximum Gasteiger partial charge on any atom is -0.0307 e. The Morgan fingerprint density at radius 2 is 1.27 bits per heavy atom. The van der Waals surface area contributed by atoms with Gasteiger partial charge in [0.1, 0.15) is 0 Å². The van der Waals surface area contributed by atoms with Crippen LogP contribution < -0.4 is 0 Å². The van der Waals surface area contributed by atoms with Gasteiger partial charge in [-0.25, -0.2) is 0 Å². The largest absolute Gasteiger partial charge is 0.0683 e. The molecule has 15 heavy (non-hydrogen) atoms. The van der Waals surface area contributed by atoms with Crippen LogP contribution >= 0.6 is 0 Å². The van der Waals surface area contributed by atoms with Crippen LogP contribution in [0.3, 0.4) is 0 Å². The van der Waals surface area contributed by atoms with Gasteiger partial charge in [-0.3, -0.25) is 0 Å². The molecule has 0 aliphatic heterocycles. The summed E-state index contributed by atoms with van der Waals surface area (Å²) in [4.78, 5) is 0. The lowest BCUT2D eigenvalue weighted by Crippen LogP contribution is -1.73. The summed E-state index contributed by atoms with van der Waals surface area (Å²) in [6, 6.07) is 10.5. The maximum atomic E-state index is 2.21. The standard InChI is InChI=1S/C8H10.C5H12.C2H6/c1-2-8-6-4-3-5-7-8;1-3-5-4-2;1-2/h3-7H,2H2,1H3;3-5H2,1-2H3;1-2H3. The summed E-state index contributed by atoms with van der Waals surface area (Å²) in [6.07, 6.45) is 5.22. The molecule has 0 amide bonds. The second kappa shape index (κ2) is 15.7. The molecule has 0 atom stereocenters. The first-order chi connectivity index (χ1) is 7.35. The Kier molecular flexibility index (Phi) is 17.4. The van der Waals surface area contributed by atoms with Crippen LogP contribution in [-0.2, 0) is 6.42 Å². The molecule has 88 valence electrons. The van der Waals surface area contributed by atoms with Crippen LogP contribution in [0.2, 0.25) is 0 Å². The van der Waals surface area contributed by atoms with Crippen LogP contribution in [0.25, 0.3) is 0 Å². The molecule has 0 aromatic heterocycles.